The molecule has 0 saturated carbocycles. The molecule has 1 unspecified atom stereocenters. The first-order valence-electron chi connectivity index (χ1n) is 8.82. The second-order valence-corrected chi connectivity index (χ2v) is 6.48. The molecule has 2 amide bonds. The molecule has 1 aromatic heterocycles. The Kier molecular flexibility index (Phi) is 4.84. The summed E-state index contributed by atoms with van der Waals surface area (Å²) in [5, 5.41) is 6.57. The molecule has 1 fully saturated rings. The van der Waals surface area contributed by atoms with Gasteiger partial charge in [-0.1, -0.05) is 23.4 Å². The summed E-state index contributed by atoms with van der Waals surface area (Å²) in [7, 11) is 0. The van der Waals surface area contributed by atoms with Crippen LogP contribution in [0.25, 0.3) is 11.4 Å². The predicted octanol–water partition coefficient (Wildman–Crippen LogP) is 2.55. The zero-order valence-electron chi connectivity index (χ0n) is 14.8. The summed E-state index contributed by atoms with van der Waals surface area (Å²) >= 11 is 0. The molecule has 28 heavy (non-hydrogen) atoms. The third-order valence-electron chi connectivity index (χ3n) is 4.55. The van der Waals surface area contributed by atoms with Gasteiger partial charge in [0.05, 0.1) is 12.5 Å². The van der Waals surface area contributed by atoms with Gasteiger partial charge in [0.2, 0.25) is 23.5 Å². The van der Waals surface area contributed by atoms with E-state index in [0.29, 0.717) is 17.9 Å². The van der Waals surface area contributed by atoms with Crippen LogP contribution < -0.4 is 10.2 Å². The van der Waals surface area contributed by atoms with Gasteiger partial charge in [0.25, 0.3) is 0 Å². The number of carbonyl (C=O) groups is 2. The summed E-state index contributed by atoms with van der Waals surface area (Å²) in [6, 6.07) is 15.0. The number of anilines is 1. The Hall–Kier alpha value is -3.55. The molecule has 1 N–H and O–H groups in total. The summed E-state index contributed by atoms with van der Waals surface area (Å²) in [6.07, 6.45) is 0.158. The molecule has 2 aromatic carbocycles. The molecule has 1 saturated heterocycles. The molecule has 1 aliphatic rings. The normalized spacial score (nSPS) is 16.4. The monoisotopic (exact) mass is 380 g/mol. The van der Waals surface area contributed by atoms with Crippen LogP contribution in [-0.2, 0) is 16.1 Å². The Bertz CT molecular complexity index is 988. The van der Waals surface area contributed by atoms with Crippen LogP contribution in [0.4, 0.5) is 10.1 Å². The first kappa shape index (κ1) is 17.8. The molecule has 8 heteroatoms. The van der Waals surface area contributed by atoms with Crippen molar-refractivity contribution in [1.82, 2.24) is 15.5 Å². The van der Waals surface area contributed by atoms with E-state index in [4.69, 9.17) is 4.52 Å². The van der Waals surface area contributed by atoms with Crippen molar-refractivity contribution in [2.45, 2.75) is 13.0 Å². The SMILES string of the molecule is O=C(NCc1nc(-c2ccc(F)cc2)no1)C1CC(=O)N(c2ccccc2)C1. The van der Waals surface area contributed by atoms with Crippen molar-refractivity contribution < 1.29 is 18.5 Å². The highest BCUT2D eigenvalue weighted by Gasteiger charge is 2.35. The highest BCUT2D eigenvalue weighted by molar-refractivity contribution is 6.00. The Morgan fingerprint density at radius 2 is 1.93 bits per heavy atom. The zero-order valence-corrected chi connectivity index (χ0v) is 14.8. The molecule has 7 nitrogen and oxygen atoms in total. The molecule has 0 aliphatic carbocycles. The molecule has 2 heterocycles. The number of carbonyl (C=O) groups excluding carboxylic acids is 2. The standard InChI is InChI=1S/C20H17FN4O3/c21-15-8-6-13(7-9-15)19-23-17(28-24-19)11-22-20(27)14-10-18(26)25(12-14)16-4-2-1-3-5-16/h1-9,14H,10-12H2,(H,22,27). The summed E-state index contributed by atoms with van der Waals surface area (Å²) in [5.41, 5.74) is 1.39. The third-order valence-corrected chi connectivity index (χ3v) is 4.55. The molecular weight excluding hydrogens is 363 g/mol. The average molecular weight is 380 g/mol. The van der Waals surface area contributed by atoms with Crippen LogP contribution in [0.15, 0.2) is 59.1 Å². The second-order valence-electron chi connectivity index (χ2n) is 6.48. The first-order valence-corrected chi connectivity index (χ1v) is 8.82. The van der Waals surface area contributed by atoms with Crippen molar-refractivity contribution in [3.05, 3.63) is 66.3 Å². The van der Waals surface area contributed by atoms with E-state index in [1.165, 1.54) is 12.1 Å². The van der Waals surface area contributed by atoms with E-state index in [1.54, 1.807) is 17.0 Å². The van der Waals surface area contributed by atoms with Gasteiger partial charge in [0.1, 0.15) is 5.82 Å². The van der Waals surface area contributed by atoms with Crippen molar-refractivity contribution in [2.24, 2.45) is 5.92 Å². The summed E-state index contributed by atoms with van der Waals surface area (Å²) in [4.78, 5) is 30.5. The maximum absolute atomic E-state index is 13.0. The van der Waals surface area contributed by atoms with E-state index in [1.807, 2.05) is 30.3 Å². The van der Waals surface area contributed by atoms with Gasteiger partial charge in [-0.15, -0.1) is 0 Å². The predicted molar refractivity (Wildman–Crippen MR) is 98.4 cm³/mol. The number of aromatic nitrogens is 2. The summed E-state index contributed by atoms with van der Waals surface area (Å²) in [6.45, 7) is 0.391. The van der Waals surface area contributed by atoms with Crippen LogP contribution in [0.3, 0.4) is 0 Å². The fourth-order valence-corrected chi connectivity index (χ4v) is 3.09. The Balaban J connectivity index is 1.35. The van der Waals surface area contributed by atoms with Gasteiger partial charge in [-0.3, -0.25) is 9.59 Å². The van der Waals surface area contributed by atoms with Crippen LogP contribution in [0.1, 0.15) is 12.3 Å². The molecule has 4 rings (SSSR count). The van der Waals surface area contributed by atoms with Crippen molar-refractivity contribution >= 4 is 17.5 Å². The highest BCUT2D eigenvalue weighted by Crippen LogP contribution is 2.25. The minimum Gasteiger partial charge on any atom is -0.347 e. The van der Waals surface area contributed by atoms with Crippen LogP contribution in [0.5, 0.6) is 0 Å². The van der Waals surface area contributed by atoms with Crippen molar-refractivity contribution in [1.29, 1.82) is 0 Å². The fraction of sp³-hybridized carbons (Fsp3) is 0.200. The Labute approximate surface area is 160 Å². The van der Waals surface area contributed by atoms with Gasteiger partial charge in [-0.25, -0.2) is 4.39 Å². The lowest BCUT2D eigenvalue weighted by Crippen LogP contribution is -2.32. The van der Waals surface area contributed by atoms with E-state index in [0.717, 1.165) is 5.69 Å². The molecular formula is C20H17FN4O3. The topological polar surface area (TPSA) is 88.3 Å². The van der Waals surface area contributed by atoms with Crippen LogP contribution in [-0.4, -0.2) is 28.5 Å². The number of amides is 2. The minimum absolute atomic E-state index is 0.0586. The van der Waals surface area contributed by atoms with Crippen molar-refractivity contribution in [3.8, 4) is 11.4 Å². The molecule has 3 aromatic rings. The quantitative estimate of drug-likeness (QED) is 0.735. The molecule has 142 valence electrons. The maximum Gasteiger partial charge on any atom is 0.246 e. The fourth-order valence-electron chi connectivity index (χ4n) is 3.09. The number of halogens is 1. The van der Waals surface area contributed by atoms with Gasteiger partial charge in [0.15, 0.2) is 0 Å². The number of para-hydroxylation sites is 1. The highest BCUT2D eigenvalue weighted by atomic mass is 19.1. The number of nitrogens with zero attached hydrogens (tertiary/aromatic N) is 3. The van der Waals surface area contributed by atoms with Gasteiger partial charge in [-0.05, 0) is 36.4 Å². The molecule has 1 atom stereocenters. The van der Waals surface area contributed by atoms with Crippen molar-refractivity contribution in [3.63, 3.8) is 0 Å². The van der Waals surface area contributed by atoms with Crippen LogP contribution >= 0.6 is 0 Å². The number of benzene rings is 2. The van der Waals surface area contributed by atoms with E-state index < -0.39 is 5.92 Å². The maximum atomic E-state index is 13.0. The molecule has 0 bridgehead atoms. The lowest BCUT2D eigenvalue weighted by molar-refractivity contribution is -0.126. The van der Waals surface area contributed by atoms with E-state index >= 15 is 0 Å². The second kappa shape index (κ2) is 7.59. The number of rotatable bonds is 5. The average Bonchev–Trinajstić information content (AvgIpc) is 3.34. The van der Waals surface area contributed by atoms with Gasteiger partial charge in [-0.2, -0.15) is 4.98 Å². The number of hydrogen-bond acceptors (Lipinski definition) is 5. The van der Waals surface area contributed by atoms with Crippen LogP contribution in [0, 0.1) is 11.7 Å². The van der Waals surface area contributed by atoms with Gasteiger partial charge in [0, 0.05) is 24.2 Å². The number of hydrogen-bond donors (Lipinski definition) is 1. The molecule has 0 spiro atoms. The third kappa shape index (κ3) is 3.75. The molecule has 1 aliphatic heterocycles. The van der Waals surface area contributed by atoms with E-state index in [2.05, 4.69) is 15.5 Å². The van der Waals surface area contributed by atoms with E-state index in [9.17, 15) is 14.0 Å². The lowest BCUT2D eigenvalue weighted by Gasteiger charge is -2.16. The summed E-state index contributed by atoms with van der Waals surface area (Å²) in [5.74, 6) is -0.564. The van der Waals surface area contributed by atoms with Gasteiger partial charge < -0.3 is 14.7 Å². The summed E-state index contributed by atoms with van der Waals surface area (Å²) < 4.78 is 18.1. The van der Waals surface area contributed by atoms with Gasteiger partial charge >= 0.3 is 0 Å². The smallest absolute Gasteiger partial charge is 0.246 e. The Morgan fingerprint density at radius 3 is 2.68 bits per heavy atom. The first-order chi connectivity index (χ1) is 13.6. The largest absolute Gasteiger partial charge is 0.347 e. The number of nitrogens with one attached hydrogen (secondary N) is 1. The van der Waals surface area contributed by atoms with E-state index in [-0.39, 0.29) is 36.5 Å². The van der Waals surface area contributed by atoms with Crippen molar-refractivity contribution in [2.75, 3.05) is 11.4 Å². The zero-order chi connectivity index (χ0) is 19.5. The molecule has 0 radical (unpaired) electrons. The van der Waals surface area contributed by atoms with Crippen LogP contribution in [0.2, 0.25) is 0 Å². The minimum atomic E-state index is -0.438. The Morgan fingerprint density at radius 1 is 1.18 bits per heavy atom. The lowest BCUT2D eigenvalue weighted by atomic mass is 10.1.